The van der Waals surface area contributed by atoms with Crippen molar-refractivity contribution in [3.63, 3.8) is 0 Å². The molecule has 2 N–H and O–H groups in total. The van der Waals surface area contributed by atoms with Crippen molar-refractivity contribution in [1.82, 2.24) is 4.72 Å². The van der Waals surface area contributed by atoms with Crippen molar-refractivity contribution in [2.24, 2.45) is 5.92 Å². The van der Waals surface area contributed by atoms with Crippen LogP contribution in [0.3, 0.4) is 0 Å². The fraction of sp³-hybridized carbons (Fsp3) is 0.500. The predicted octanol–water partition coefficient (Wildman–Crippen LogP) is 2.41. The van der Waals surface area contributed by atoms with Gasteiger partial charge in [-0.2, -0.15) is 13.2 Å². The Bertz CT molecular complexity index is 627. The molecule has 0 unspecified atom stereocenters. The number of nitrogens with one attached hydrogen (secondary N) is 1. The third-order valence-corrected chi connectivity index (χ3v) is 5.23. The topological polar surface area (TPSA) is 66.4 Å². The fourth-order valence-corrected chi connectivity index (χ4v) is 3.70. The van der Waals surface area contributed by atoms with E-state index < -0.39 is 32.8 Å². The molecule has 1 saturated carbocycles. The van der Waals surface area contributed by atoms with Crippen LogP contribution >= 0.6 is 11.6 Å². The molecule has 1 aromatic carbocycles. The van der Waals surface area contributed by atoms with Crippen molar-refractivity contribution in [2.75, 3.05) is 6.54 Å². The van der Waals surface area contributed by atoms with Crippen LogP contribution in [0.5, 0.6) is 0 Å². The molecule has 0 spiro atoms. The molecular formula is C12H13ClF3NO3S. The molecular weight excluding hydrogens is 331 g/mol. The number of hydrogen-bond acceptors (Lipinski definition) is 3. The molecule has 0 radical (unpaired) electrons. The standard InChI is InChI=1S/C12H13ClF3NO3S/c13-10-2-1-8(12(14,15)16)5-11(10)21(19,20)17-6-7-3-9(18)4-7/h1-2,5,7,9,17-18H,3-4,6H2. The van der Waals surface area contributed by atoms with Gasteiger partial charge in [-0.15, -0.1) is 0 Å². The van der Waals surface area contributed by atoms with Gasteiger partial charge >= 0.3 is 6.18 Å². The highest BCUT2D eigenvalue weighted by Crippen LogP contribution is 2.33. The predicted molar refractivity (Wildman–Crippen MR) is 70.4 cm³/mol. The second-order valence-corrected chi connectivity index (χ2v) is 7.13. The average Bonchev–Trinajstić information content (AvgIpc) is 2.32. The maximum atomic E-state index is 12.6. The summed E-state index contributed by atoms with van der Waals surface area (Å²) < 4.78 is 64.2. The van der Waals surface area contributed by atoms with Crippen LogP contribution in [0.15, 0.2) is 23.1 Å². The second-order valence-electron chi connectivity index (χ2n) is 4.99. The third kappa shape index (κ3) is 3.88. The smallest absolute Gasteiger partial charge is 0.393 e. The average molecular weight is 344 g/mol. The van der Waals surface area contributed by atoms with E-state index >= 15 is 0 Å². The number of benzene rings is 1. The molecule has 0 heterocycles. The van der Waals surface area contributed by atoms with Crippen molar-refractivity contribution in [3.8, 4) is 0 Å². The van der Waals surface area contributed by atoms with Crippen LogP contribution in [0.4, 0.5) is 13.2 Å². The largest absolute Gasteiger partial charge is 0.416 e. The summed E-state index contributed by atoms with van der Waals surface area (Å²) in [5, 5.41) is 8.84. The van der Waals surface area contributed by atoms with Crippen molar-refractivity contribution < 1.29 is 26.7 Å². The molecule has 21 heavy (non-hydrogen) atoms. The lowest BCUT2D eigenvalue weighted by Gasteiger charge is -2.31. The van der Waals surface area contributed by atoms with Gasteiger partial charge in [0.1, 0.15) is 4.90 Å². The number of alkyl halides is 3. The Morgan fingerprint density at radius 2 is 1.95 bits per heavy atom. The van der Waals surface area contributed by atoms with Gasteiger partial charge in [-0.3, -0.25) is 0 Å². The maximum absolute atomic E-state index is 12.6. The first-order valence-corrected chi connectivity index (χ1v) is 8.00. The van der Waals surface area contributed by atoms with E-state index in [4.69, 9.17) is 16.7 Å². The van der Waals surface area contributed by atoms with Crippen molar-refractivity contribution in [1.29, 1.82) is 0 Å². The molecule has 0 saturated heterocycles. The lowest BCUT2D eigenvalue weighted by Crippen LogP contribution is -2.38. The summed E-state index contributed by atoms with van der Waals surface area (Å²) in [5.74, 6) is -0.0145. The summed E-state index contributed by atoms with van der Waals surface area (Å²) in [6.45, 7) is 0.0615. The van der Waals surface area contributed by atoms with Gasteiger partial charge in [0.2, 0.25) is 10.0 Å². The summed E-state index contributed by atoms with van der Waals surface area (Å²) in [6.07, 6.45) is -4.14. The summed E-state index contributed by atoms with van der Waals surface area (Å²) in [4.78, 5) is -0.598. The molecule has 0 bridgehead atoms. The molecule has 118 valence electrons. The molecule has 1 fully saturated rings. The number of rotatable bonds is 4. The number of hydrogen-bond donors (Lipinski definition) is 2. The Labute approximate surface area is 125 Å². The SMILES string of the molecule is O=S(=O)(NCC1CC(O)C1)c1cc(C(F)(F)F)ccc1Cl. The van der Waals surface area contributed by atoms with E-state index in [0.29, 0.717) is 18.9 Å². The van der Waals surface area contributed by atoms with E-state index in [1.807, 2.05) is 0 Å². The minimum atomic E-state index is -4.65. The van der Waals surface area contributed by atoms with Crippen molar-refractivity contribution in [2.45, 2.75) is 30.0 Å². The van der Waals surface area contributed by atoms with Crippen molar-refractivity contribution in [3.05, 3.63) is 28.8 Å². The van der Waals surface area contributed by atoms with Gasteiger partial charge in [-0.25, -0.2) is 13.1 Å². The van der Waals surface area contributed by atoms with Crippen LogP contribution < -0.4 is 4.72 Å². The summed E-state index contributed by atoms with van der Waals surface area (Å²) in [5.41, 5.74) is -1.08. The zero-order valence-electron chi connectivity index (χ0n) is 10.7. The lowest BCUT2D eigenvalue weighted by molar-refractivity contribution is -0.137. The van der Waals surface area contributed by atoms with E-state index in [-0.39, 0.29) is 17.5 Å². The summed E-state index contributed by atoms with van der Waals surface area (Å²) in [6, 6.07) is 2.15. The van der Waals surface area contributed by atoms with E-state index in [0.717, 1.165) is 12.1 Å². The number of halogens is 4. The van der Waals surface area contributed by atoms with Crippen LogP contribution in [0.25, 0.3) is 0 Å². The quantitative estimate of drug-likeness (QED) is 0.882. The van der Waals surface area contributed by atoms with Crippen LogP contribution in [-0.2, 0) is 16.2 Å². The zero-order chi connectivity index (χ0) is 15.8. The lowest BCUT2D eigenvalue weighted by atomic mass is 9.83. The molecule has 2 rings (SSSR count). The van der Waals surface area contributed by atoms with E-state index in [2.05, 4.69) is 4.72 Å². The molecule has 9 heteroatoms. The molecule has 0 aromatic heterocycles. The molecule has 0 aliphatic heterocycles. The minimum Gasteiger partial charge on any atom is -0.393 e. The molecule has 4 nitrogen and oxygen atoms in total. The van der Waals surface area contributed by atoms with E-state index in [1.165, 1.54) is 0 Å². The molecule has 1 aliphatic rings. The summed E-state index contributed by atoms with van der Waals surface area (Å²) in [7, 11) is -4.13. The normalized spacial score (nSPS) is 22.9. The van der Waals surface area contributed by atoms with Gasteiger partial charge in [-0.05, 0) is 37.0 Å². The first-order valence-electron chi connectivity index (χ1n) is 6.14. The second kappa shape index (κ2) is 5.75. The van der Waals surface area contributed by atoms with Gasteiger partial charge in [-0.1, -0.05) is 11.6 Å². The number of aliphatic hydroxyl groups is 1. The Kier molecular flexibility index (Phi) is 4.53. The highest BCUT2D eigenvalue weighted by Gasteiger charge is 2.33. The highest BCUT2D eigenvalue weighted by atomic mass is 35.5. The highest BCUT2D eigenvalue weighted by molar-refractivity contribution is 7.89. The zero-order valence-corrected chi connectivity index (χ0v) is 12.3. The molecule has 0 amide bonds. The first kappa shape index (κ1) is 16.5. The molecule has 1 aromatic rings. The Hall–Kier alpha value is -0.830. The number of aliphatic hydroxyl groups excluding tert-OH is 1. The molecule has 1 aliphatic carbocycles. The monoisotopic (exact) mass is 343 g/mol. The van der Waals surface area contributed by atoms with Gasteiger partial charge in [0.15, 0.2) is 0 Å². The Morgan fingerprint density at radius 3 is 2.48 bits per heavy atom. The third-order valence-electron chi connectivity index (χ3n) is 3.32. The Morgan fingerprint density at radius 1 is 1.33 bits per heavy atom. The molecule has 0 atom stereocenters. The van der Waals surface area contributed by atoms with Crippen molar-refractivity contribution >= 4 is 21.6 Å². The van der Waals surface area contributed by atoms with Crippen LogP contribution in [-0.4, -0.2) is 26.2 Å². The van der Waals surface area contributed by atoms with Gasteiger partial charge in [0, 0.05) is 6.54 Å². The van der Waals surface area contributed by atoms with Gasteiger partial charge in [0.25, 0.3) is 0 Å². The Balaban J connectivity index is 2.18. The van der Waals surface area contributed by atoms with Gasteiger partial charge in [0.05, 0.1) is 16.7 Å². The van der Waals surface area contributed by atoms with Gasteiger partial charge < -0.3 is 5.11 Å². The number of sulfonamides is 1. The van der Waals surface area contributed by atoms with Crippen LogP contribution in [0.1, 0.15) is 18.4 Å². The first-order chi connectivity index (χ1) is 9.59. The van der Waals surface area contributed by atoms with Crippen LogP contribution in [0.2, 0.25) is 5.02 Å². The van der Waals surface area contributed by atoms with Crippen LogP contribution in [0, 0.1) is 5.92 Å². The minimum absolute atomic E-state index is 0.0145. The van der Waals surface area contributed by atoms with E-state index in [9.17, 15) is 21.6 Å². The van der Waals surface area contributed by atoms with E-state index in [1.54, 1.807) is 0 Å². The maximum Gasteiger partial charge on any atom is 0.416 e. The summed E-state index contributed by atoms with van der Waals surface area (Å²) >= 11 is 5.69. The fourth-order valence-electron chi connectivity index (χ4n) is 2.06.